The number of fused-ring (bicyclic) bond motifs is 1. The number of aromatic nitrogens is 4. The molecule has 5 aromatic rings. The van der Waals surface area contributed by atoms with Crippen molar-refractivity contribution in [2.75, 3.05) is 24.7 Å². The molecule has 2 aromatic heterocycles. The summed E-state index contributed by atoms with van der Waals surface area (Å²) in [7, 11) is 3.39. The maximum absolute atomic E-state index is 14.9. The van der Waals surface area contributed by atoms with Gasteiger partial charge in [0.05, 0.1) is 45.4 Å². The number of carbonyl (C=O) groups is 1. The van der Waals surface area contributed by atoms with Crippen LogP contribution in [0.25, 0.3) is 10.9 Å². The minimum absolute atomic E-state index is 0.0606. The van der Waals surface area contributed by atoms with Gasteiger partial charge in [-0.15, -0.1) is 5.10 Å². The molecule has 43 heavy (non-hydrogen) atoms. The first-order chi connectivity index (χ1) is 20.6. The third-order valence-corrected chi connectivity index (χ3v) is 7.30. The van der Waals surface area contributed by atoms with Gasteiger partial charge in [-0.05, 0) is 55.8 Å². The number of pyridine rings is 1. The van der Waals surface area contributed by atoms with E-state index in [-0.39, 0.29) is 28.2 Å². The number of carbonyl (C=O) groups excluding carboxylic acids is 1. The first kappa shape index (κ1) is 29.8. The monoisotopic (exact) mass is 616 g/mol. The second-order valence-electron chi connectivity index (χ2n) is 10.4. The van der Waals surface area contributed by atoms with Gasteiger partial charge in [0.1, 0.15) is 11.8 Å². The van der Waals surface area contributed by atoms with E-state index in [1.165, 1.54) is 23.2 Å². The summed E-state index contributed by atoms with van der Waals surface area (Å²) in [5.74, 6) is -0.798. The van der Waals surface area contributed by atoms with Crippen LogP contribution in [0, 0.1) is 17.1 Å². The fourth-order valence-corrected chi connectivity index (χ4v) is 4.99. The van der Waals surface area contributed by atoms with Gasteiger partial charge in [-0.2, -0.15) is 5.26 Å². The number of rotatable bonds is 8. The molecule has 0 bridgehead atoms. The average Bonchev–Trinajstić information content (AvgIpc) is 3.48. The van der Waals surface area contributed by atoms with Gasteiger partial charge in [-0.25, -0.2) is 9.07 Å². The van der Waals surface area contributed by atoms with Crippen molar-refractivity contribution >= 4 is 57.1 Å². The third-order valence-electron chi connectivity index (χ3n) is 6.79. The molecule has 0 spiro atoms. The maximum Gasteiger partial charge on any atom is 0.253 e. The summed E-state index contributed by atoms with van der Waals surface area (Å²) >= 11 is 12.6. The zero-order valence-corrected chi connectivity index (χ0v) is 25.2. The number of hydrogen-bond donors (Lipinski definition) is 2. The van der Waals surface area contributed by atoms with Crippen LogP contribution in [0.15, 0.2) is 67.0 Å². The van der Waals surface area contributed by atoms with Crippen LogP contribution >= 0.6 is 23.2 Å². The molecule has 0 saturated heterocycles. The highest BCUT2D eigenvalue weighted by Gasteiger charge is 2.23. The smallest absolute Gasteiger partial charge is 0.253 e. The fourth-order valence-electron chi connectivity index (χ4n) is 4.60. The summed E-state index contributed by atoms with van der Waals surface area (Å²) < 4.78 is 16.6. The Morgan fingerprint density at radius 3 is 2.56 bits per heavy atom. The average molecular weight is 618 g/mol. The molecule has 5 rings (SSSR count). The van der Waals surface area contributed by atoms with Crippen LogP contribution in [0.5, 0.6) is 0 Å². The number of nitrogens with zero attached hydrogens (tertiary/aromatic N) is 6. The molecule has 0 aliphatic rings. The van der Waals surface area contributed by atoms with Crippen LogP contribution in [-0.2, 0) is 0 Å². The number of nitriles is 1. The van der Waals surface area contributed by atoms with Gasteiger partial charge in [0.2, 0.25) is 0 Å². The molecular formula is C31H27Cl2FN8O. The van der Waals surface area contributed by atoms with Crippen LogP contribution in [0.2, 0.25) is 10.0 Å². The van der Waals surface area contributed by atoms with E-state index in [2.05, 4.69) is 32.0 Å². The van der Waals surface area contributed by atoms with Gasteiger partial charge in [0.25, 0.3) is 5.91 Å². The van der Waals surface area contributed by atoms with Gasteiger partial charge >= 0.3 is 0 Å². The molecule has 2 heterocycles. The third kappa shape index (κ3) is 6.09. The van der Waals surface area contributed by atoms with Crippen LogP contribution in [-0.4, -0.2) is 44.9 Å². The summed E-state index contributed by atoms with van der Waals surface area (Å²) in [6.45, 7) is 3.99. The van der Waals surface area contributed by atoms with Crippen molar-refractivity contribution in [1.29, 1.82) is 5.26 Å². The molecule has 0 unspecified atom stereocenters. The largest absolute Gasteiger partial charge is 0.371 e. The summed E-state index contributed by atoms with van der Waals surface area (Å²) in [4.78, 5) is 18.9. The normalized spacial score (nSPS) is 11.8. The minimum atomic E-state index is -0.654. The topological polar surface area (TPSA) is 112 Å². The Morgan fingerprint density at radius 1 is 1.09 bits per heavy atom. The van der Waals surface area contributed by atoms with Gasteiger partial charge in [0.15, 0.2) is 5.82 Å². The fraction of sp³-hybridized carbons (Fsp3) is 0.194. The lowest BCUT2D eigenvalue weighted by molar-refractivity contribution is 0.0827. The van der Waals surface area contributed by atoms with Gasteiger partial charge in [-0.3, -0.25) is 9.78 Å². The first-order valence-corrected chi connectivity index (χ1v) is 14.1. The van der Waals surface area contributed by atoms with Crippen molar-refractivity contribution < 1.29 is 9.18 Å². The van der Waals surface area contributed by atoms with Crippen molar-refractivity contribution in [3.05, 3.63) is 105 Å². The van der Waals surface area contributed by atoms with E-state index in [0.717, 1.165) is 5.56 Å². The Balaban J connectivity index is 1.66. The lowest BCUT2D eigenvalue weighted by atomic mass is 10.00. The summed E-state index contributed by atoms with van der Waals surface area (Å²) in [5.41, 5.74) is 3.45. The molecule has 1 atom stereocenters. The van der Waals surface area contributed by atoms with E-state index in [1.54, 1.807) is 49.1 Å². The summed E-state index contributed by atoms with van der Waals surface area (Å²) in [5, 5.41) is 25.9. The minimum Gasteiger partial charge on any atom is -0.371 e. The lowest BCUT2D eigenvalue weighted by Crippen LogP contribution is -2.22. The number of anilines is 3. The molecule has 2 N–H and O–H groups in total. The van der Waals surface area contributed by atoms with E-state index < -0.39 is 11.9 Å². The number of halogens is 3. The first-order valence-electron chi connectivity index (χ1n) is 13.3. The number of hydrogen-bond acceptors (Lipinski definition) is 7. The summed E-state index contributed by atoms with van der Waals surface area (Å²) in [6.07, 6.45) is 3.25. The predicted octanol–water partition coefficient (Wildman–Crippen LogP) is 7.37. The lowest BCUT2D eigenvalue weighted by Gasteiger charge is -2.21. The second kappa shape index (κ2) is 12.3. The summed E-state index contributed by atoms with van der Waals surface area (Å²) in [6, 6.07) is 16.8. The van der Waals surface area contributed by atoms with E-state index in [4.69, 9.17) is 23.2 Å². The molecule has 0 aliphatic carbocycles. The van der Waals surface area contributed by atoms with Crippen molar-refractivity contribution in [2.24, 2.45) is 0 Å². The quantitative estimate of drug-likeness (QED) is 0.187. The highest BCUT2D eigenvalue weighted by Crippen LogP contribution is 2.38. The van der Waals surface area contributed by atoms with E-state index in [1.807, 2.05) is 32.2 Å². The molecule has 9 nitrogen and oxygen atoms in total. The number of nitrogens with one attached hydrogen (secondary N) is 2. The zero-order valence-electron chi connectivity index (χ0n) is 23.7. The van der Waals surface area contributed by atoms with E-state index >= 15 is 0 Å². The van der Waals surface area contributed by atoms with E-state index in [9.17, 15) is 14.4 Å². The van der Waals surface area contributed by atoms with Crippen molar-refractivity contribution in [3.8, 4) is 6.07 Å². The Labute approximate surface area is 257 Å². The maximum atomic E-state index is 14.9. The van der Waals surface area contributed by atoms with Crippen LogP contribution in [0.4, 0.5) is 21.5 Å². The highest BCUT2D eigenvalue weighted by atomic mass is 35.5. The zero-order chi connectivity index (χ0) is 30.8. The van der Waals surface area contributed by atoms with Gasteiger partial charge in [-0.1, -0.05) is 46.6 Å². The van der Waals surface area contributed by atoms with Gasteiger partial charge < -0.3 is 15.5 Å². The second-order valence-corrected chi connectivity index (χ2v) is 11.2. The highest BCUT2D eigenvalue weighted by molar-refractivity contribution is 6.32. The van der Waals surface area contributed by atoms with E-state index in [0.29, 0.717) is 38.6 Å². The predicted molar refractivity (Wildman–Crippen MR) is 166 cm³/mol. The molecule has 12 heteroatoms. The molecule has 218 valence electrons. The Kier molecular flexibility index (Phi) is 8.48. The number of amides is 1. The molecule has 0 saturated carbocycles. The van der Waals surface area contributed by atoms with Crippen LogP contribution in [0.3, 0.4) is 0 Å². The van der Waals surface area contributed by atoms with Crippen LogP contribution < -0.4 is 10.6 Å². The SMILES string of the molecule is CC(C)n1cc([C@@H](Nc2cc(Cl)cc3c(Nc4cccc(Cl)c4F)c(C#N)cnc23)c2cccc(C(=O)N(C)C)c2)nn1. The standard InChI is InChI=1S/C31H27Cl2FN8O/c1-17(2)42-16-26(39-40-42)29(18-7-5-8-19(11-18)31(43)41(3)4)38-25-13-21(32)12-22-28(20(14-35)15-36-30(22)25)37-24-10-6-9-23(33)27(24)34/h5-13,15-17,29,38H,1-4H3,(H,36,37)/t29-/m0/s1. The van der Waals surface area contributed by atoms with Crippen molar-refractivity contribution in [3.63, 3.8) is 0 Å². The molecule has 3 aromatic carbocycles. The Morgan fingerprint density at radius 2 is 1.86 bits per heavy atom. The molecule has 0 fully saturated rings. The van der Waals surface area contributed by atoms with Crippen molar-refractivity contribution in [1.82, 2.24) is 24.9 Å². The Bertz CT molecular complexity index is 1880. The molecule has 0 radical (unpaired) electrons. The molecular weight excluding hydrogens is 590 g/mol. The van der Waals surface area contributed by atoms with Gasteiger partial charge in [0, 0.05) is 42.3 Å². The molecule has 1 amide bonds. The number of benzene rings is 3. The van der Waals surface area contributed by atoms with Crippen molar-refractivity contribution in [2.45, 2.75) is 25.9 Å². The Hall–Kier alpha value is -4.72. The van der Waals surface area contributed by atoms with Crippen LogP contribution in [0.1, 0.15) is 53.1 Å². The molecule has 0 aliphatic heterocycles.